The lowest BCUT2D eigenvalue weighted by Gasteiger charge is -2.34. The Hall–Kier alpha value is -2.07. The highest BCUT2D eigenvalue weighted by atomic mass is 32.1. The molecule has 2 aliphatic heterocycles. The molecule has 3 aromatic heterocycles. The molecule has 5 heterocycles. The number of aliphatic hydroxyl groups excluding tert-OH is 1. The Morgan fingerprint density at radius 2 is 1.67 bits per heavy atom. The molecule has 1 atom stereocenters. The Morgan fingerprint density at radius 3 is 2.47 bits per heavy atom. The zero-order valence-corrected chi connectivity index (χ0v) is 22.5. The van der Waals surface area contributed by atoms with Crippen LogP contribution in [0, 0.1) is 5.41 Å². The molecule has 0 spiro atoms. The minimum Gasteiger partial charge on any atom is -0.395 e. The Bertz CT molecular complexity index is 1350. The number of thiophene rings is 2. The summed E-state index contributed by atoms with van der Waals surface area (Å²) < 4.78 is 1.73. The van der Waals surface area contributed by atoms with Gasteiger partial charge in [-0.15, -0.1) is 22.7 Å². The number of rotatable bonds is 2. The van der Waals surface area contributed by atoms with Gasteiger partial charge in [-0.05, 0) is 75.3 Å². The number of aliphatic hydroxyl groups is 1. The number of aromatic nitrogens is 2. The van der Waals surface area contributed by atoms with Crippen molar-refractivity contribution in [3.63, 3.8) is 0 Å². The molecule has 4 N–H and O–H groups in total. The van der Waals surface area contributed by atoms with E-state index in [9.17, 15) is 0 Å². The van der Waals surface area contributed by atoms with Crippen molar-refractivity contribution in [1.29, 1.82) is 5.41 Å². The predicted octanol–water partition coefficient (Wildman–Crippen LogP) is 4.95. The highest BCUT2D eigenvalue weighted by Gasteiger charge is 2.33. The number of hydrogen-bond donors (Lipinski definition) is 3. The van der Waals surface area contributed by atoms with E-state index in [0.29, 0.717) is 12.0 Å². The molecule has 4 aliphatic rings. The molecule has 3 aromatic rings. The molecule has 2 aliphatic carbocycles. The Balaban J connectivity index is 0.000000134. The zero-order valence-electron chi connectivity index (χ0n) is 20.9. The van der Waals surface area contributed by atoms with Crippen LogP contribution in [0.15, 0.2) is 11.3 Å². The third-order valence-corrected chi connectivity index (χ3v) is 10.4. The lowest BCUT2D eigenvalue weighted by atomic mass is 9.93. The second-order valence-electron chi connectivity index (χ2n) is 10.3. The molecule has 0 radical (unpaired) electrons. The van der Waals surface area contributed by atoms with Crippen molar-refractivity contribution >= 4 is 43.7 Å². The number of nitrogens with zero attached hydrogens (tertiary/aromatic N) is 4. The SMILES string of the molecule is N=c1c2c3c(sc2ncn1CCO)CCCC3.NC1c2c(sc3c2CCCC3)N=C2CCCCCN21. The molecule has 1 fully saturated rings. The lowest BCUT2D eigenvalue weighted by Crippen LogP contribution is -2.41. The molecule has 36 heavy (non-hydrogen) atoms. The fourth-order valence-corrected chi connectivity index (χ4v) is 8.71. The first kappa shape index (κ1) is 24.3. The van der Waals surface area contributed by atoms with Gasteiger partial charge in [0.05, 0.1) is 18.3 Å². The summed E-state index contributed by atoms with van der Waals surface area (Å²) in [6.45, 7) is 1.59. The molecule has 7 rings (SSSR count). The summed E-state index contributed by atoms with van der Waals surface area (Å²) in [5.74, 6) is 1.25. The molecule has 0 aromatic carbocycles. The first-order valence-corrected chi connectivity index (χ1v) is 15.2. The van der Waals surface area contributed by atoms with Crippen LogP contribution in [0.1, 0.15) is 84.0 Å². The summed E-state index contributed by atoms with van der Waals surface area (Å²) >= 11 is 3.64. The summed E-state index contributed by atoms with van der Waals surface area (Å²) in [4.78, 5) is 15.7. The van der Waals surface area contributed by atoms with Gasteiger partial charge in [-0.3, -0.25) is 5.41 Å². The third kappa shape index (κ3) is 4.34. The van der Waals surface area contributed by atoms with Gasteiger partial charge >= 0.3 is 0 Å². The minimum absolute atomic E-state index is 0.0516. The third-order valence-electron chi connectivity index (χ3n) is 8.02. The van der Waals surface area contributed by atoms with Gasteiger partial charge in [-0.25, -0.2) is 9.98 Å². The molecular weight excluding hydrogens is 488 g/mol. The average Bonchev–Trinajstić information content (AvgIpc) is 3.36. The summed E-state index contributed by atoms with van der Waals surface area (Å²) in [7, 11) is 0. The molecule has 9 heteroatoms. The Labute approximate surface area is 220 Å². The molecular formula is C27H36N6OS2. The summed E-state index contributed by atoms with van der Waals surface area (Å²) in [5.41, 5.74) is 11.3. The highest BCUT2D eigenvalue weighted by Crippen LogP contribution is 2.46. The van der Waals surface area contributed by atoms with Gasteiger partial charge in [0.15, 0.2) is 0 Å². The smallest absolute Gasteiger partial charge is 0.136 e. The van der Waals surface area contributed by atoms with Crippen LogP contribution in [-0.2, 0) is 32.2 Å². The first-order chi connectivity index (χ1) is 17.7. The van der Waals surface area contributed by atoms with E-state index < -0.39 is 0 Å². The van der Waals surface area contributed by atoms with Crippen molar-refractivity contribution in [2.45, 2.75) is 89.8 Å². The van der Waals surface area contributed by atoms with Gasteiger partial charge in [0.1, 0.15) is 27.3 Å². The maximum atomic E-state index is 8.98. The van der Waals surface area contributed by atoms with Crippen molar-refractivity contribution in [3.05, 3.63) is 38.3 Å². The fourth-order valence-electron chi connectivity index (χ4n) is 6.16. The number of fused-ring (bicyclic) bond motifs is 7. The van der Waals surface area contributed by atoms with Gasteiger partial charge in [0.25, 0.3) is 0 Å². The largest absolute Gasteiger partial charge is 0.395 e. The molecule has 0 bridgehead atoms. The van der Waals surface area contributed by atoms with E-state index in [1.807, 2.05) is 11.3 Å². The number of amidine groups is 1. The molecule has 0 saturated carbocycles. The first-order valence-electron chi connectivity index (χ1n) is 13.5. The van der Waals surface area contributed by atoms with Crippen LogP contribution in [0.3, 0.4) is 0 Å². The standard InChI is InChI=1S/C15H21N3S.C12H15N3OS/c16-14-13-10-6-3-4-7-11(10)19-15(13)17-12-8-2-1-5-9-18(12)14;13-11-10-8-3-1-2-4-9(8)17-12(10)14-7-15(11)5-6-16/h14H,1-9,16H2;7,13,16H,1-6H2. The number of hydrogen-bond acceptors (Lipinski definition) is 8. The molecule has 7 nitrogen and oxygen atoms in total. The van der Waals surface area contributed by atoms with Crippen LogP contribution in [0.5, 0.6) is 0 Å². The van der Waals surface area contributed by atoms with Crippen LogP contribution in [0.2, 0.25) is 0 Å². The molecule has 1 unspecified atom stereocenters. The molecule has 1 saturated heterocycles. The van der Waals surface area contributed by atoms with Crippen molar-refractivity contribution in [1.82, 2.24) is 14.5 Å². The van der Waals surface area contributed by atoms with Gasteiger partial charge in [0, 0.05) is 34.8 Å². The van der Waals surface area contributed by atoms with Gasteiger partial charge in [0.2, 0.25) is 0 Å². The number of nitrogens with two attached hydrogens (primary N) is 1. The highest BCUT2D eigenvalue weighted by molar-refractivity contribution is 7.18. The normalized spacial score (nSPS) is 20.9. The van der Waals surface area contributed by atoms with Gasteiger partial charge in [-0.1, -0.05) is 6.42 Å². The maximum Gasteiger partial charge on any atom is 0.136 e. The van der Waals surface area contributed by atoms with Crippen LogP contribution in [0.4, 0.5) is 5.00 Å². The lowest BCUT2D eigenvalue weighted by molar-refractivity contribution is 0.273. The predicted molar refractivity (Wildman–Crippen MR) is 147 cm³/mol. The second kappa shape index (κ2) is 10.4. The van der Waals surface area contributed by atoms with E-state index in [1.54, 1.807) is 32.7 Å². The topological polar surface area (TPSA) is 104 Å². The van der Waals surface area contributed by atoms with E-state index in [1.165, 1.54) is 84.6 Å². The van der Waals surface area contributed by atoms with Crippen molar-refractivity contribution in [2.75, 3.05) is 13.2 Å². The van der Waals surface area contributed by atoms with E-state index in [0.717, 1.165) is 36.0 Å². The molecule has 0 amide bonds. The van der Waals surface area contributed by atoms with Crippen molar-refractivity contribution in [2.24, 2.45) is 10.7 Å². The minimum atomic E-state index is 0.0516. The van der Waals surface area contributed by atoms with Crippen molar-refractivity contribution in [3.8, 4) is 0 Å². The Kier molecular flexibility index (Phi) is 6.99. The zero-order chi connectivity index (χ0) is 24.6. The van der Waals surface area contributed by atoms with Crippen LogP contribution in [-0.4, -0.2) is 38.5 Å². The van der Waals surface area contributed by atoms with E-state index in [2.05, 4.69) is 9.88 Å². The fraction of sp³-hybridized carbons (Fsp3) is 0.593. The van der Waals surface area contributed by atoms with E-state index in [4.69, 9.17) is 21.2 Å². The van der Waals surface area contributed by atoms with E-state index in [-0.39, 0.29) is 12.8 Å². The Morgan fingerprint density at radius 1 is 0.944 bits per heavy atom. The van der Waals surface area contributed by atoms with Crippen molar-refractivity contribution < 1.29 is 5.11 Å². The van der Waals surface area contributed by atoms with Crippen LogP contribution >= 0.6 is 22.7 Å². The molecule has 192 valence electrons. The summed E-state index contributed by atoms with van der Waals surface area (Å²) in [6, 6.07) is 0. The van der Waals surface area contributed by atoms with Crippen LogP contribution < -0.4 is 11.2 Å². The summed E-state index contributed by atoms with van der Waals surface area (Å²) in [5, 5.41) is 19.4. The van der Waals surface area contributed by atoms with Gasteiger partial charge < -0.3 is 20.3 Å². The quantitative estimate of drug-likeness (QED) is 0.441. The van der Waals surface area contributed by atoms with E-state index >= 15 is 0 Å². The number of aliphatic imine (C=N–C) groups is 1. The monoisotopic (exact) mass is 524 g/mol. The maximum absolute atomic E-state index is 8.98. The average molecular weight is 525 g/mol. The second-order valence-corrected chi connectivity index (χ2v) is 12.5. The van der Waals surface area contributed by atoms with Crippen LogP contribution in [0.25, 0.3) is 10.2 Å². The van der Waals surface area contributed by atoms with Gasteiger partial charge in [-0.2, -0.15) is 0 Å². The number of aryl methyl sites for hydroxylation is 3. The summed E-state index contributed by atoms with van der Waals surface area (Å²) in [6.07, 6.45) is 16.5. The number of nitrogens with one attached hydrogen (secondary N) is 1.